The van der Waals surface area contributed by atoms with E-state index in [1.54, 1.807) is 31.2 Å². The van der Waals surface area contributed by atoms with Crippen LogP contribution < -0.4 is 18.9 Å². The van der Waals surface area contributed by atoms with Crippen molar-refractivity contribution >= 4 is 29.1 Å². The number of halogens is 1. The molecule has 0 aliphatic carbocycles. The molecule has 0 radical (unpaired) electrons. The van der Waals surface area contributed by atoms with Crippen LogP contribution in [0.4, 0.5) is 0 Å². The lowest BCUT2D eigenvalue weighted by atomic mass is 9.94. The Hall–Kier alpha value is -3.43. The minimum absolute atomic E-state index is 0.0671. The van der Waals surface area contributed by atoms with Gasteiger partial charge < -0.3 is 33.7 Å². The van der Waals surface area contributed by atoms with Gasteiger partial charge >= 0.3 is 0 Å². The van der Waals surface area contributed by atoms with E-state index in [1.807, 2.05) is 13.8 Å². The molecule has 1 aliphatic heterocycles. The van der Waals surface area contributed by atoms with Gasteiger partial charge in [-0.2, -0.15) is 0 Å². The van der Waals surface area contributed by atoms with Crippen molar-refractivity contribution in [1.29, 1.82) is 0 Å². The van der Waals surface area contributed by atoms with Gasteiger partial charge in [-0.3, -0.25) is 9.59 Å². The van der Waals surface area contributed by atoms with Crippen molar-refractivity contribution in [1.82, 2.24) is 4.90 Å². The van der Waals surface area contributed by atoms with Gasteiger partial charge in [0.15, 0.2) is 11.5 Å². The second-order valence-corrected chi connectivity index (χ2v) is 8.86. The van der Waals surface area contributed by atoms with Crippen molar-refractivity contribution in [3.63, 3.8) is 0 Å². The van der Waals surface area contributed by atoms with E-state index in [1.165, 1.54) is 32.3 Å². The number of benzene rings is 2. The number of ether oxygens (including phenoxy) is 5. The summed E-state index contributed by atoms with van der Waals surface area (Å²) in [6, 6.07) is 6.99. The summed E-state index contributed by atoms with van der Waals surface area (Å²) in [5.74, 6) is -0.565. The second-order valence-electron chi connectivity index (χ2n) is 8.45. The summed E-state index contributed by atoms with van der Waals surface area (Å²) in [6.07, 6.45) is -0.0671. The zero-order chi connectivity index (χ0) is 27.3. The van der Waals surface area contributed by atoms with Crippen LogP contribution in [0.3, 0.4) is 0 Å². The van der Waals surface area contributed by atoms with Gasteiger partial charge in [-0.15, -0.1) is 0 Å². The number of likely N-dealkylation sites (tertiary alicyclic amines) is 1. The Kier molecular flexibility index (Phi) is 9.29. The number of aliphatic hydroxyl groups excluding tert-OH is 1. The molecule has 10 heteroatoms. The zero-order valence-electron chi connectivity index (χ0n) is 21.8. The molecular formula is C27H32ClNO8. The van der Waals surface area contributed by atoms with Gasteiger partial charge in [-0.25, -0.2) is 0 Å². The molecule has 0 aromatic heterocycles. The number of hydrogen-bond donors (Lipinski definition) is 1. The number of carbonyl (C=O) groups excluding carboxylic acids is 2. The predicted molar refractivity (Wildman–Crippen MR) is 139 cm³/mol. The molecule has 1 fully saturated rings. The molecule has 37 heavy (non-hydrogen) atoms. The smallest absolute Gasteiger partial charge is 0.295 e. The topological polar surface area (TPSA) is 104 Å². The summed E-state index contributed by atoms with van der Waals surface area (Å²) < 4.78 is 27.6. The standard InChI is InChI=1S/C27H32ClNO8/c1-7-36-19-12-16(8-9-18(19)28)24(30)22-23(29(27(32)25(22)31)10-11-37-15(2)3)17-13-20(33-4)26(35-6)21(14-17)34-5/h8-9,12-15,23,30H,7,10-11H2,1-6H3/b24-22+. The van der Waals surface area contributed by atoms with Crippen LogP contribution in [0.5, 0.6) is 23.0 Å². The maximum absolute atomic E-state index is 13.3. The highest BCUT2D eigenvalue weighted by atomic mass is 35.5. The van der Waals surface area contributed by atoms with Crippen molar-refractivity contribution in [3.8, 4) is 23.0 Å². The van der Waals surface area contributed by atoms with Crippen LogP contribution in [-0.4, -0.2) is 68.9 Å². The van der Waals surface area contributed by atoms with Crippen LogP contribution in [0.2, 0.25) is 5.02 Å². The number of methoxy groups -OCH3 is 3. The Balaban J connectivity index is 2.23. The van der Waals surface area contributed by atoms with Crippen molar-refractivity contribution < 1.29 is 38.4 Å². The van der Waals surface area contributed by atoms with E-state index in [0.29, 0.717) is 40.2 Å². The van der Waals surface area contributed by atoms with Crippen LogP contribution >= 0.6 is 11.6 Å². The first kappa shape index (κ1) is 28.1. The Morgan fingerprint density at radius 3 is 2.22 bits per heavy atom. The minimum Gasteiger partial charge on any atom is -0.507 e. The van der Waals surface area contributed by atoms with E-state index >= 15 is 0 Å². The highest BCUT2D eigenvalue weighted by Crippen LogP contribution is 2.46. The first-order valence-corrected chi connectivity index (χ1v) is 12.2. The number of carbonyl (C=O) groups is 2. The summed E-state index contributed by atoms with van der Waals surface area (Å²) >= 11 is 6.21. The van der Waals surface area contributed by atoms with Gasteiger partial charge in [0, 0.05) is 12.1 Å². The maximum atomic E-state index is 13.3. The number of Topliss-reactive ketones (excluding diaryl/α,β-unsaturated/α-hetero) is 1. The number of rotatable bonds is 11. The van der Waals surface area contributed by atoms with Gasteiger partial charge in [0.2, 0.25) is 5.75 Å². The number of ketones is 1. The van der Waals surface area contributed by atoms with Crippen LogP contribution in [0.15, 0.2) is 35.9 Å². The monoisotopic (exact) mass is 533 g/mol. The molecule has 0 saturated carbocycles. The number of aliphatic hydroxyl groups is 1. The quantitative estimate of drug-likeness (QED) is 0.254. The van der Waals surface area contributed by atoms with Crippen LogP contribution in [0, 0.1) is 0 Å². The highest BCUT2D eigenvalue weighted by Gasteiger charge is 2.46. The lowest BCUT2D eigenvalue weighted by molar-refractivity contribution is -0.140. The Bertz CT molecular complexity index is 1170. The summed E-state index contributed by atoms with van der Waals surface area (Å²) in [5, 5.41) is 11.7. The van der Waals surface area contributed by atoms with Gasteiger partial charge in [-0.05, 0) is 56.7 Å². The molecule has 1 unspecified atom stereocenters. The van der Waals surface area contributed by atoms with Crippen molar-refractivity contribution in [2.75, 3.05) is 41.1 Å². The fourth-order valence-electron chi connectivity index (χ4n) is 4.18. The van der Waals surface area contributed by atoms with E-state index in [0.717, 1.165) is 0 Å². The third-order valence-electron chi connectivity index (χ3n) is 5.83. The normalized spacial score (nSPS) is 16.9. The predicted octanol–water partition coefficient (Wildman–Crippen LogP) is 4.61. The van der Waals surface area contributed by atoms with E-state index < -0.39 is 17.7 Å². The van der Waals surface area contributed by atoms with Gasteiger partial charge in [0.05, 0.1) is 57.3 Å². The SMILES string of the molecule is CCOc1cc(/C(O)=C2\C(=O)C(=O)N(CCOC(C)C)C2c2cc(OC)c(OC)c(OC)c2)ccc1Cl. The first-order chi connectivity index (χ1) is 17.7. The molecule has 0 spiro atoms. The third kappa shape index (κ3) is 5.78. The molecule has 1 atom stereocenters. The average Bonchev–Trinajstić information content (AvgIpc) is 3.13. The fraction of sp³-hybridized carbons (Fsp3) is 0.407. The fourth-order valence-corrected chi connectivity index (χ4v) is 4.35. The second kappa shape index (κ2) is 12.2. The molecule has 0 bridgehead atoms. The lowest BCUT2D eigenvalue weighted by Gasteiger charge is -2.27. The molecule has 1 heterocycles. The Labute approximate surface area is 221 Å². The summed E-state index contributed by atoms with van der Waals surface area (Å²) in [6.45, 7) is 6.23. The van der Waals surface area contributed by atoms with Crippen LogP contribution in [0.1, 0.15) is 37.9 Å². The van der Waals surface area contributed by atoms with E-state index in [4.69, 9.17) is 35.3 Å². The van der Waals surface area contributed by atoms with Crippen LogP contribution in [0.25, 0.3) is 5.76 Å². The largest absolute Gasteiger partial charge is 0.507 e. The molecule has 1 amide bonds. The van der Waals surface area contributed by atoms with Crippen molar-refractivity contribution in [2.24, 2.45) is 0 Å². The molecule has 2 aromatic carbocycles. The average molecular weight is 534 g/mol. The van der Waals surface area contributed by atoms with Crippen molar-refractivity contribution in [2.45, 2.75) is 32.9 Å². The van der Waals surface area contributed by atoms with Crippen molar-refractivity contribution in [3.05, 3.63) is 52.1 Å². The maximum Gasteiger partial charge on any atom is 0.295 e. The Morgan fingerprint density at radius 1 is 1.03 bits per heavy atom. The first-order valence-electron chi connectivity index (χ1n) is 11.8. The van der Waals surface area contributed by atoms with E-state index in [-0.39, 0.29) is 36.2 Å². The molecular weight excluding hydrogens is 502 g/mol. The number of amides is 1. The Morgan fingerprint density at radius 2 is 1.68 bits per heavy atom. The molecule has 3 rings (SSSR count). The molecule has 2 aromatic rings. The highest BCUT2D eigenvalue weighted by molar-refractivity contribution is 6.46. The van der Waals surface area contributed by atoms with E-state index in [2.05, 4.69) is 0 Å². The third-order valence-corrected chi connectivity index (χ3v) is 6.14. The summed E-state index contributed by atoms with van der Waals surface area (Å²) in [5.41, 5.74) is 0.675. The lowest BCUT2D eigenvalue weighted by Crippen LogP contribution is -2.33. The molecule has 9 nitrogen and oxygen atoms in total. The molecule has 1 saturated heterocycles. The molecule has 1 aliphatic rings. The van der Waals surface area contributed by atoms with Gasteiger partial charge in [0.25, 0.3) is 11.7 Å². The van der Waals surface area contributed by atoms with E-state index in [9.17, 15) is 14.7 Å². The number of hydrogen-bond acceptors (Lipinski definition) is 8. The molecule has 1 N–H and O–H groups in total. The van der Waals surface area contributed by atoms with Crippen LogP contribution in [-0.2, 0) is 14.3 Å². The summed E-state index contributed by atoms with van der Waals surface area (Å²) in [4.78, 5) is 27.9. The zero-order valence-corrected chi connectivity index (χ0v) is 22.5. The van der Waals surface area contributed by atoms with Gasteiger partial charge in [0.1, 0.15) is 11.5 Å². The summed E-state index contributed by atoms with van der Waals surface area (Å²) in [7, 11) is 4.42. The number of nitrogens with zero attached hydrogens (tertiary/aromatic N) is 1. The van der Waals surface area contributed by atoms with Gasteiger partial charge in [-0.1, -0.05) is 11.6 Å². The molecule has 200 valence electrons. The minimum atomic E-state index is -0.948.